The zero-order valence-electron chi connectivity index (χ0n) is 9.41. The van der Waals surface area contributed by atoms with Crippen LogP contribution < -0.4 is 5.56 Å². The molecule has 0 radical (unpaired) electrons. The molecule has 1 heterocycles. The molecule has 1 rings (SSSR count). The van der Waals surface area contributed by atoms with Gasteiger partial charge in [-0.05, 0) is 19.4 Å². The van der Waals surface area contributed by atoms with Gasteiger partial charge in [0.2, 0.25) is 0 Å². The fourth-order valence-corrected chi connectivity index (χ4v) is 1.63. The molecule has 0 aliphatic carbocycles. The van der Waals surface area contributed by atoms with E-state index < -0.39 is 28.2 Å². The first kappa shape index (κ1) is 12.9. The fraction of sp³-hybridized carbons (Fsp3) is 0.400. The molecule has 0 spiro atoms. The lowest BCUT2D eigenvalue weighted by Crippen LogP contribution is -2.32. The summed E-state index contributed by atoms with van der Waals surface area (Å²) in [7, 11) is 0. The highest BCUT2D eigenvalue weighted by atomic mass is 16.6. The number of nitrogens with zero attached hydrogens (tertiary/aromatic N) is 2. The summed E-state index contributed by atoms with van der Waals surface area (Å²) < 4.78 is 0.945. The van der Waals surface area contributed by atoms with E-state index in [9.17, 15) is 19.7 Å². The number of carboxylic acid groups (broad SMARTS) is 1. The third kappa shape index (κ3) is 2.32. The van der Waals surface area contributed by atoms with E-state index in [2.05, 4.69) is 0 Å². The van der Waals surface area contributed by atoms with E-state index in [0.717, 1.165) is 10.6 Å². The van der Waals surface area contributed by atoms with Gasteiger partial charge in [-0.1, -0.05) is 6.92 Å². The monoisotopic (exact) mass is 240 g/mol. The number of rotatable bonds is 4. The summed E-state index contributed by atoms with van der Waals surface area (Å²) in [4.78, 5) is 32.6. The number of aromatic nitrogens is 1. The highest BCUT2D eigenvalue weighted by Gasteiger charge is 2.24. The fourth-order valence-electron chi connectivity index (χ4n) is 1.63. The standard InChI is InChI=1S/C10H12N2O5/c1-3-7(10(14)15)11-6(2)4-5-8(9(11)13)12(16)17/h4-5,7H,3H2,1-2H3,(H,14,15). The summed E-state index contributed by atoms with van der Waals surface area (Å²) in [5.41, 5.74) is -1.12. The van der Waals surface area contributed by atoms with Crippen LogP contribution >= 0.6 is 0 Å². The molecule has 1 atom stereocenters. The van der Waals surface area contributed by atoms with Gasteiger partial charge in [-0.25, -0.2) is 4.79 Å². The number of aryl methyl sites for hydroxylation is 1. The van der Waals surface area contributed by atoms with Crippen LogP contribution in [0.3, 0.4) is 0 Å². The van der Waals surface area contributed by atoms with Crippen molar-refractivity contribution in [2.75, 3.05) is 0 Å². The van der Waals surface area contributed by atoms with Gasteiger partial charge in [0, 0.05) is 11.8 Å². The first-order valence-corrected chi connectivity index (χ1v) is 4.99. The van der Waals surface area contributed by atoms with Crippen molar-refractivity contribution >= 4 is 11.7 Å². The molecule has 0 amide bonds. The highest BCUT2D eigenvalue weighted by molar-refractivity contribution is 5.72. The van der Waals surface area contributed by atoms with Crippen molar-refractivity contribution in [3.63, 3.8) is 0 Å². The molecule has 0 aliphatic rings. The molecule has 0 bridgehead atoms. The second-order valence-corrected chi connectivity index (χ2v) is 3.55. The van der Waals surface area contributed by atoms with Crippen LogP contribution in [0.4, 0.5) is 5.69 Å². The molecule has 0 fully saturated rings. The molecule has 1 unspecified atom stereocenters. The Kier molecular flexibility index (Phi) is 3.62. The number of pyridine rings is 1. The lowest BCUT2D eigenvalue weighted by atomic mass is 10.2. The van der Waals surface area contributed by atoms with Gasteiger partial charge >= 0.3 is 17.2 Å². The van der Waals surface area contributed by atoms with E-state index in [1.165, 1.54) is 13.0 Å². The normalized spacial score (nSPS) is 12.1. The first-order valence-electron chi connectivity index (χ1n) is 4.99. The SMILES string of the molecule is CCC(C(=O)O)n1c(C)ccc([N+](=O)[O-])c1=O. The van der Waals surface area contributed by atoms with E-state index in [1.807, 2.05) is 0 Å². The summed E-state index contributed by atoms with van der Waals surface area (Å²) in [6, 6.07) is 1.37. The molecule has 0 aromatic carbocycles. The molecule has 1 aromatic rings. The van der Waals surface area contributed by atoms with Crippen molar-refractivity contribution in [2.45, 2.75) is 26.3 Å². The maximum absolute atomic E-state index is 11.8. The molecule has 0 saturated heterocycles. The Morgan fingerprint density at radius 1 is 1.59 bits per heavy atom. The molecule has 0 aliphatic heterocycles. The summed E-state index contributed by atoms with van der Waals surface area (Å²) in [5, 5.41) is 19.6. The molecule has 92 valence electrons. The Bertz CT molecular complexity index is 520. The zero-order chi connectivity index (χ0) is 13.2. The zero-order valence-corrected chi connectivity index (χ0v) is 9.41. The predicted molar refractivity (Wildman–Crippen MR) is 59.1 cm³/mol. The lowest BCUT2D eigenvalue weighted by Gasteiger charge is -2.16. The Balaban J connectivity index is 3.51. The summed E-state index contributed by atoms with van der Waals surface area (Å²) >= 11 is 0. The maximum Gasteiger partial charge on any atom is 0.334 e. The van der Waals surface area contributed by atoms with Gasteiger partial charge in [-0.2, -0.15) is 0 Å². The second kappa shape index (κ2) is 4.77. The number of nitro groups is 1. The van der Waals surface area contributed by atoms with Crippen LogP contribution in [0.1, 0.15) is 25.1 Å². The van der Waals surface area contributed by atoms with Crippen molar-refractivity contribution in [3.8, 4) is 0 Å². The predicted octanol–water partition coefficient (Wildman–Crippen LogP) is 1.10. The summed E-state index contributed by atoms with van der Waals surface area (Å²) in [5.74, 6) is -1.18. The van der Waals surface area contributed by atoms with Crippen LogP contribution in [0.25, 0.3) is 0 Å². The third-order valence-electron chi connectivity index (χ3n) is 2.48. The molecule has 1 aromatic heterocycles. The minimum Gasteiger partial charge on any atom is -0.480 e. The van der Waals surface area contributed by atoms with E-state index >= 15 is 0 Å². The second-order valence-electron chi connectivity index (χ2n) is 3.55. The van der Waals surface area contributed by atoms with E-state index in [0.29, 0.717) is 5.69 Å². The molecule has 7 heteroatoms. The number of carboxylic acids is 1. The molecule has 1 N–H and O–H groups in total. The van der Waals surface area contributed by atoms with Crippen LogP contribution in [0.5, 0.6) is 0 Å². The summed E-state index contributed by atoms with van der Waals surface area (Å²) in [6.07, 6.45) is 0.178. The minimum absolute atomic E-state index is 0.178. The molecular formula is C10H12N2O5. The van der Waals surface area contributed by atoms with Gasteiger partial charge in [-0.3, -0.25) is 19.5 Å². The van der Waals surface area contributed by atoms with Crippen molar-refractivity contribution < 1.29 is 14.8 Å². The molecule has 17 heavy (non-hydrogen) atoms. The number of hydrogen-bond donors (Lipinski definition) is 1. The van der Waals surface area contributed by atoms with Crippen molar-refractivity contribution in [3.05, 3.63) is 38.3 Å². The van der Waals surface area contributed by atoms with Gasteiger partial charge in [0.05, 0.1) is 4.92 Å². The summed E-state index contributed by atoms with van der Waals surface area (Å²) in [6.45, 7) is 3.14. The van der Waals surface area contributed by atoms with Crippen molar-refractivity contribution in [1.82, 2.24) is 4.57 Å². The molecule has 0 saturated carbocycles. The smallest absolute Gasteiger partial charge is 0.334 e. The van der Waals surface area contributed by atoms with Crippen LogP contribution in [0.2, 0.25) is 0 Å². The minimum atomic E-state index is -1.18. The average Bonchev–Trinajstić information content (AvgIpc) is 2.22. The van der Waals surface area contributed by atoms with Crippen molar-refractivity contribution in [2.24, 2.45) is 0 Å². The molecule has 7 nitrogen and oxygen atoms in total. The van der Waals surface area contributed by atoms with Crippen LogP contribution in [-0.2, 0) is 4.79 Å². The van der Waals surface area contributed by atoms with E-state index in [4.69, 9.17) is 5.11 Å². The number of aliphatic carboxylic acids is 1. The Morgan fingerprint density at radius 2 is 2.18 bits per heavy atom. The van der Waals surface area contributed by atoms with Gasteiger partial charge < -0.3 is 5.11 Å². The third-order valence-corrected chi connectivity index (χ3v) is 2.48. The first-order chi connectivity index (χ1) is 7.90. The van der Waals surface area contributed by atoms with Gasteiger partial charge in [-0.15, -0.1) is 0 Å². The van der Waals surface area contributed by atoms with E-state index in [1.54, 1.807) is 6.92 Å². The van der Waals surface area contributed by atoms with Crippen molar-refractivity contribution in [1.29, 1.82) is 0 Å². The Labute approximate surface area is 96.5 Å². The quantitative estimate of drug-likeness (QED) is 0.627. The molecular weight excluding hydrogens is 228 g/mol. The lowest BCUT2D eigenvalue weighted by molar-refractivity contribution is -0.386. The van der Waals surface area contributed by atoms with Gasteiger partial charge in [0.25, 0.3) is 0 Å². The highest BCUT2D eigenvalue weighted by Crippen LogP contribution is 2.14. The van der Waals surface area contributed by atoms with Crippen LogP contribution in [-0.4, -0.2) is 20.6 Å². The van der Waals surface area contributed by atoms with Crippen LogP contribution in [0.15, 0.2) is 16.9 Å². The van der Waals surface area contributed by atoms with Gasteiger partial charge in [0.1, 0.15) is 6.04 Å². The van der Waals surface area contributed by atoms with Gasteiger partial charge in [0.15, 0.2) is 0 Å². The Morgan fingerprint density at radius 3 is 2.59 bits per heavy atom. The number of hydrogen-bond acceptors (Lipinski definition) is 4. The number of carbonyl (C=O) groups is 1. The Hall–Kier alpha value is -2.18. The maximum atomic E-state index is 11.8. The largest absolute Gasteiger partial charge is 0.480 e. The van der Waals surface area contributed by atoms with Crippen LogP contribution in [0, 0.1) is 17.0 Å². The topological polar surface area (TPSA) is 102 Å². The van der Waals surface area contributed by atoms with E-state index in [-0.39, 0.29) is 6.42 Å². The average molecular weight is 240 g/mol.